The van der Waals surface area contributed by atoms with Crippen molar-refractivity contribution in [1.82, 2.24) is 0 Å². The van der Waals surface area contributed by atoms with Crippen LogP contribution < -0.4 is 0 Å². The highest BCUT2D eigenvalue weighted by atomic mass is 35.5. The molecule has 0 heterocycles. The maximum Gasteiger partial charge on any atom is 0.307 e. The normalized spacial score (nSPS) is 33.2. The zero-order chi connectivity index (χ0) is 9.52. The Bertz CT molecular complexity index is 243. The molecule has 4 heteroatoms. The first-order valence-electron chi connectivity index (χ1n) is 3.63. The summed E-state index contributed by atoms with van der Waals surface area (Å²) in [6.07, 6.45) is 1.17. The Labute approximate surface area is 75.0 Å². The van der Waals surface area contributed by atoms with E-state index in [0.29, 0.717) is 0 Å². The average Bonchev–Trinajstić information content (AvgIpc) is 2.32. The Morgan fingerprint density at radius 3 is 2.42 bits per heavy atom. The summed E-state index contributed by atoms with van der Waals surface area (Å²) in [5, 5.41) is 7.86. The second kappa shape index (κ2) is 2.73. The van der Waals surface area contributed by atoms with Crippen LogP contribution in [0.5, 0.6) is 0 Å². The number of rotatable bonds is 2. The molecule has 0 aromatic carbocycles. The lowest BCUT2D eigenvalue weighted by Gasteiger charge is -1.95. The number of allylic oxidation sites excluding steroid dienone is 1. The predicted molar refractivity (Wildman–Crippen MR) is 43.4 cm³/mol. The molecule has 1 fully saturated rings. The number of hydrogen-bond donors (Lipinski definition) is 1. The molecule has 0 amide bonds. The third kappa shape index (κ3) is 1.46. The molecule has 0 aliphatic heterocycles. The zero-order valence-electron chi connectivity index (χ0n) is 6.84. The molecule has 0 bridgehead atoms. The van der Waals surface area contributed by atoms with Gasteiger partial charge in [0.25, 0.3) is 0 Å². The van der Waals surface area contributed by atoms with Gasteiger partial charge < -0.3 is 5.11 Å². The Morgan fingerprint density at radius 2 is 2.17 bits per heavy atom. The Morgan fingerprint density at radius 1 is 1.67 bits per heavy atom. The van der Waals surface area contributed by atoms with E-state index >= 15 is 0 Å². The van der Waals surface area contributed by atoms with E-state index in [1.54, 1.807) is 13.8 Å². The van der Waals surface area contributed by atoms with E-state index in [9.17, 15) is 9.18 Å². The maximum atomic E-state index is 12.2. The minimum atomic E-state index is -0.890. The molecule has 0 aromatic heterocycles. The van der Waals surface area contributed by atoms with Crippen LogP contribution in [0.15, 0.2) is 11.4 Å². The van der Waals surface area contributed by atoms with Gasteiger partial charge >= 0.3 is 5.97 Å². The smallest absolute Gasteiger partial charge is 0.307 e. The quantitative estimate of drug-likeness (QED) is 0.730. The number of halogens is 2. The van der Waals surface area contributed by atoms with Crippen LogP contribution in [0.4, 0.5) is 4.39 Å². The Hall–Kier alpha value is -0.570. The number of hydrogen-bond acceptors (Lipinski definition) is 1. The van der Waals surface area contributed by atoms with Crippen LogP contribution in [-0.2, 0) is 4.79 Å². The lowest BCUT2D eigenvalue weighted by atomic mass is 10.1. The fourth-order valence-electron chi connectivity index (χ4n) is 1.60. The molecule has 0 saturated heterocycles. The van der Waals surface area contributed by atoms with Crippen molar-refractivity contribution >= 4 is 17.6 Å². The molecule has 1 N–H and O–H groups in total. The van der Waals surface area contributed by atoms with E-state index in [1.165, 1.54) is 6.08 Å². The summed E-state index contributed by atoms with van der Waals surface area (Å²) in [6.45, 7) is 3.57. The number of aliphatic carboxylic acids is 1. The summed E-state index contributed by atoms with van der Waals surface area (Å²) in [5.41, 5.74) is -0.363. The van der Waals surface area contributed by atoms with Gasteiger partial charge in [-0.15, -0.1) is 0 Å². The van der Waals surface area contributed by atoms with E-state index in [1.807, 2.05) is 0 Å². The fourth-order valence-corrected chi connectivity index (χ4v) is 1.73. The minimum absolute atomic E-state index is 0.271. The first-order valence-corrected chi connectivity index (χ1v) is 4.01. The molecule has 0 radical (unpaired) electrons. The van der Waals surface area contributed by atoms with Crippen molar-refractivity contribution in [3.05, 3.63) is 11.4 Å². The second-order valence-corrected chi connectivity index (χ2v) is 3.98. The van der Waals surface area contributed by atoms with Gasteiger partial charge in [0, 0.05) is 5.92 Å². The monoisotopic (exact) mass is 192 g/mol. The van der Waals surface area contributed by atoms with Crippen molar-refractivity contribution in [2.75, 3.05) is 0 Å². The summed E-state index contributed by atoms with van der Waals surface area (Å²) in [6, 6.07) is 0. The Kier molecular flexibility index (Phi) is 2.17. The summed E-state index contributed by atoms with van der Waals surface area (Å²) >= 11 is 5.01. The maximum absolute atomic E-state index is 12.2. The first-order chi connectivity index (χ1) is 5.37. The standard InChI is InChI=1S/C8H10ClFO2/c1-8(2)4(3-5(9)10)6(8)7(11)12/h3-4,6H,1-2H3,(H,11,12)/b5-3+/t4-,6+/m1/s1. The van der Waals surface area contributed by atoms with E-state index in [0.717, 1.165) is 0 Å². The highest BCUT2D eigenvalue weighted by Crippen LogP contribution is 2.59. The topological polar surface area (TPSA) is 37.3 Å². The van der Waals surface area contributed by atoms with Gasteiger partial charge in [-0.25, -0.2) is 0 Å². The molecule has 2 atom stereocenters. The molecule has 1 aliphatic rings. The largest absolute Gasteiger partial charge is 0.481 e. The van der Waals surface area contributed by atoms with Crippen molar-refractivity contribution in [3.8, 4) is 0 Å². The SMILES string of the molecule is CC1(C)[C@H](/C=C(/F)Cl)[C@H]1C(=O)O. The second-order valence-electron chi connectivity index (χ2n) is 3.62. The van der Waals surface area contributed by atoms with Crippen LogP contribution >= 0.6 is 11.6 Å². The highest BCUT2D eigenvalue weighted by Gasteiger charge is 2.61. The lowest BCUT2D eigenvalue weighted by Crippen LogP contribution is -2.02. The van der Waals surface area contributed by atoms with E-state index in [2.05, 4.69) is 0 Å². The zero-order valence-corrected chi connectivity index (χ0v) is 7.60. The molecule has 12 heavy (non-hydrogen) atoms. The van der Waals surface area contributed by atoms with Crippen molar-refractivity contribution in [2.24, 2.45) is 17.3 Å². The molecule has 68 valence electrons. The summed E-state index contributed by atoms with van der Waals surface area (Å²) in [7, 11) is 0. The molecule has 1 aliphatic carbocycles. The van der Waals surface area contributed by atoms with E-state index in [-0.39, 0.29) is 11.3 Å². The molecule has 1 saturated carbocycles. The molecule has 2 nitrogen and oxygen atoms in total. The van der Waals surface area contributed by atoms with Gasteiger partial charge in [-0.2, -0.15) is 4.39 Å². The number of carboxylic acid groups (broad SMARTS) is 1. The highest BCUT2D eigenvalue weighted by molar-refractivity contribution is 6.28. The molecule has 0 spiro atoms. The van der Waals surface area contributed by atoms with Gasteiger partial charge in [-0.05, 0) is 11.5 Å². The lowest BCUT2D eigenvalue weighted by molar-refractivity contribution is -0.139. The van der Waals surface area contributed by atoms with Crippen molar-refractivity contribution in [3.63, 3.8) is 0 Å². The summed E-state index contributed by atoms with van der Waals surface area (Å²) in [4.78, 5) is 10.6. The van der Waals surface area contributed by atoms with Crippen molar-refractivity contribution < 1.29 is 14.3 Å². The van der Waals surface area contributed by atoms with Gasteiger partial charge in [0.1, 0.15) is 0 Å². The van der Waals surface area contributed by atoms with Gasteiger partial charge in [0.2, 0.25) is 0 Å². The van der Waals surface area contributed by atoms with Crippen molar-refractivity contribution in [2.45, 2.75) is 13.8 Å². The van der Waals surface area contributed by atoms with Gasteiger partial charge in [-0.3, -0.25) is 4.79 Å². The van der Waals surface area contributed by atoms with Crippen LogP contribution in [0.25, 0.3) is 0 Å². The first kappa shape index (κ1) is 9.52. The molecule has 0 aromatic rings. The van der Waals surface area contributed by atoms with Crippen LogP contribution in [0.2, 0.25) is 0 Å². The van der Waals surface area contributed by atoms with Gasteiger partial charge in [-0.1, -0.05) is 25.4 Å². The van der Waals surface area contributed by atoms with Gasteiger partial charge in [0.15, 0.2) is 5.29 Å². The summed E-state index contributed by atoms with van der Waals surface area (Å²) in [5.74, 6) is -1.66. The van der Waals surface area contributed by atoms with Crippen LogP contribution in [0.1, 0.15) is 13.8 Å². The Balaban J connectivity index is 2.73. The molecular weight excluding hydrogens is 183 g/mol. The van der Waals surface area contributed by atoms with Crippen LogP contribution in [-0.4, -0.2) is 11.1 Å². The molecular formula is C8H10ClFO2. The van der Waals surface area contributed by atoms with Crippen LogP contribution in [0, 0.1) is 17.3 Å². The van der Waals surface area contributed by atoms with Crippen molar-refractivity contribution in [1.29, 1.82) is 0 Å². The number of carbonyl (C=O) groups is 1. The van der Waals surface area contributed by atoms with E-state index in [4.69, 9.17) is 16.7 Å². The predicted octanol–water partition coefficient (Wildman–Crippen LogP) is 2.39. The van der Waals surface area contributed by atoms with E-state index < -0.39 is 17.2 Å². The third-order valence-corrected chi connectivity index (χ3v) is 2.61. The minimum Gasteiger partial charge on any atom is -0.481 e. The third-order valence-electron chi connectivity index (χ3n) is 2.48. The average molecular weight is 193 g/mol. The molecule has 1 rings (SSSR count). The molecule has 0 unspecified atom stereocenters. The fraction of sp³-hybridized carbons (Fsp3) is 0.625. The van der Waals surface area contributed by atoms with Gasteiger partial charge in [0.05, 0.1) is 5.92 Å². The number of carboxylic acids is 1. The summed E-state index contributed by atoms with van der Waals surface area (Å²) < 4.78 is 12.2. The van der Waals surface area contributed by atoms with Crippen LogP contribution in [0.3, 0.4) is 0 Å².